The van der Waals surface area contributed by atoms with E-state index in [2.05, 4.69) is 4.99 Å². The Bertz CT molecular complexity index is 849. The van der Waals surface area contributed by atoms with Crippen molar-refractivity contribution in [2.24, 2.45) is 4.99 Å². The molecule has 122 valence electrons. The van der Waals surface area contributed by atoms with E-state index in [-0.39, 0.29) is 16.3 Å². The highest BCUT2D eigenvalue weighted by atomic mass is 32.2. The van der Waals surface area contributed by atoms with Crippen LogP contribution in [-0.2, 0) is 10.0 Å². The van der Waals surface area contributed by atoms with Crippen LogP contribution in [0.25, 0.3) is 0 Å². The van der Waals surface area contributed by atoms with Crippen LogP contribution in [0.2, 0.25) is 0 Å². The number of hydrogen-bond donors (Lipinski definition) is 1. The molecule has 0 bridgehead atoms. The molecule has 2 aromatic rings. The van der Waals surface area contributed by atoms with Crippen LogP contribution in [0.15, 0.2) is 46.4 Å². The third-order valence-corrected chi connectivity index (χ3v) is 4.73. The van der Waals surface area contributed by atoms with Crippen molar-refractivity contribution in [2.45, 2.75) is 11.8 Å². The summed E-state index contributed by atoms with van der Waals surface area (Å²) in [5.41, 5.74) is 0.743. The number of carboxylic acids is 1. The predicted molar refractivity (Wildman–Crippen MR) is 87.0 cm³/mol. The smallest absolute Gasteiger partial charge is 0.339 e. The lowest BCUT2D eigenvalue weighted by molar-refractivity contribution is 0.0698. The summed E-state index contributed by atoms with van der Waals surface area (Å²) >= 11 is 0. The molecule has 8 heteroatoms. The first kappa shape index (κ1) is 16.8. The molecule has 0 saturated heterocycles. The second kappa shape index (κ2) is 6.25. The van der Waals surface area contributed by atoms with Crippen LogP contribution < -0.4 is 0 Å². The van der Waals surface area contributed by atoms with E-state index in [1.165, 1.54) is 30.7 Å². The van der Waals surface area contributed by atoms with Crippen LogP contribution >= 0.6 is 0 Å². The summed E-state index contributed by atoms with van der Waals surface area (Å²) in [5, 5.41) is 9.22. The first-order valence-corrected chi connectivity index (χ1v) is 8.15. The molecule has 0 atom stereocenters. The zero-order chi connectivity index (χ0) is 17.2. The van der Waals surface area contributed by atoms with E-state index >= 15 is 0 Å². The van der Waals surface area contributed by atoms with Gasteiger partial charge < -0.3 is 10.0 Å². The minimum atomic E-state index is -3.93. The molecule has 1 heterocycles. The molecule has 7 nitrogen and oxygen atoms in total. The molecule has 2 rings (SSSR count). The Morgan fingerprint density at radius 3 is 2.35 bits per heavy atom. The van der Waals surface area contributed by atoms with Crippen molar-refractivity contribution in [2.75, 3.05) is 14.1 Å². The molecular weight excluding hydrogens is 318 g/mol. The fourth-order valence-electron chi connectivity index (χ4n) is 1.89. The Morgan fingerprint density at radius 2 is 1.83 bits per heavy atom. The summed E-state index contributed by atoms with van der Waals surface area (Å²) in [6.07, 6.45) is 2.55. The van der Waals surface area contributed by atoms with E-state index in [9.17, 15) is 18.3 Å². The van der Waals surface area contributed by atoms with Crippen LogP contribution in [0.5, 0.6) is 0 Å². The van der Waals surface area contributed by atoms with Crippen molar-refractivity contribution >= 4 is 28.1 Å². The number of nitrogens with zero attached hydrogens (tertiary/aromatic N) is 3. The number of aromatic carboxylic acids is 1. The van der Waals surface area contributed by atoms with Gasteiger partial charge in [0.1, 0.15) is 5.56 Å². The number of carboxylic acid groups (broad SMARTS) is 1. The van der Waals surface area contributed by atoms with Crippen molar-refractivity contribution in [3.8, 4) is 0 Å². The van der Waals surface area contributed by atoms with E-state index in [4.69, 9.17) is 0 Å². The number of hydrogen-bond acceptors (Lipinski definition) is 4. The van der Waals surface area contributed by atoms with E-state index in [1.54, 1.807) is 31.1 Å². The van der Waals surface area contributed by atoms with Crippen LogP contribution in [0.3, 0.4) is 0 Å². The molecule has 0 fully saturated rings. The van der Waals surface area contributed by atoms with Crippen LogP contribution in [0.1, 0.15) is 15.9 Å². The van der Waals surface area contributed by atoms with Crippen LogP contribution in [-0.4, -0.2) is 48.8 Å². The average molecular weight is 335 g/mol. The molecule has 0 aliphatic rings. The molecule has 1 N–H and O–H groups in total. The summed E-state index contributed by atoms with van der Waals surface area (Å²) in [5.74, 6) is -1.39. The molecule has 23 heavy (non-hydrogen) atoms. The lowest BCUT2D eigenvalue weighted by atomic mass is 10.2. The Balaban J connectivity index is 2.62. The Labute approximate surface area is 134 Å². The maximum Gasteiger partial charge on any atom is 0.339 e. The largest absolute Gasteiger partial charge is 0.478 e. The first-order chi connectivity index (χ1) is 10.7. The van der Waals surface area contributed by atoms with Crippen molar-refractivity contribution in [3.63, 3.8) is 0 Å². The van der Waals surface area contributed by atoms with Crippen LogP contribution in [0, 0.1) is 6.92 Å². The normalized spacial score (nSPS) is 11.8. The number of rotatable bonds is 5. The quantitative estimate of drug-likeness (QED) is 0.666. The zero-order valence-corrected chi connectivity index (χ0v) is 13.8. The minimum absolute atomic E-state index is 0.0666. The molecular formula is C15H17N3O4S. The molecule has 0 radical (unpaired) electrons. The van der Waals surface area contributed by atoms with Gasteiger partial charge in [0.15, 0.2) is 5.82 Å². The minimum Gasteiger partial charge on any atom is -0.478 e. The molecule has 0 aliphatic heterocycles. The highest BCUT2D eigenvalue weighted by molar-refractivity contribution is 7.90. The summed E-state index contributed by atoms with van der Waals surface area (Å²) in [6, 6.07) is 7.53. The van der Waals surface area contributed by atoms with Gasteiger partial charge >= 0.3 is 5.97 Å². The van der Waals surface area contributed by atoms with E-state index < -0.39 is 16.0 Å². The SMILES string of the molecule is Cc1ccc(S(=O)(=O)n2ccc(C(=O)O)c2/N=C/N(C)C)cc1. The zero-order valence-electron chi connectivity index (χ0n) is 13.0. The van der Waals surface area contributed by atoms with Gasteiger partial charge in [-0.1, -0.05) is 17.7 Å². The summed E-state index contributed by atoms with van der Waals surface area (Å²) in [4.78, 5) is 16.9. The van der Waals surface area contributed by atoms with Crippen molar-refractivity contribution in [1.82, 2.24) is 8.87 Å². The number of aliphatic imine (C=N–C) groups is 1. The molecule has 0 amide bonds. The molecule has 1 aromatic carbocycles. The van der Waals surface area contributed by atoms with Gasteiger partial charge in [-0.3, -0.25) is 0 Å². The van der Waals surface area contributed by atoms with Gasteiger partial charge in [-0.25, -0.2) is 22.2 Å². The second-order valence-corrected chi connectivity index (χ2v) is 7.00. The maximum absolute atomic E-state index is 12.7. The lowest BCUT2D eigenvalue weighted by Crippen LogP contribution is -2.13. The monoisotopic (exact) mass is 335 g/mol. The fraction of sp³-hybridized carbons (Fsp3) is 0.200. The standard InChI is InChI=1S/C15H17N3O4S/c1-11-4-6-12(7-5-11)23(21,22)18-9-8-13(15(19)20)14(18)16-10-17(2)3/h4-10H,1-3H3,(H,19,20)/b16-10+. The van der Waals surface area contributed by atoms with Gasteiger partial charge in [0.2, 0.25) is 0 Å². The van der Waals surface area contributed by atoms with Gasteiger partial charge in [-0.05, 0) is 25.1 Å². The highest BCUT2D eigenvalue weighted by Gasteiger charge is 2.24. The molecule has 0 aliphatic carbocycles. The molecule has 1 aromatic heterocycles. The van der Waals surface area contributed by atoms with Crippen molar-refractivity contribution in [3.05, 3.63) is 47.7 Å². The third kappa shape index (κ3) is 3.42. The van der Waals surface area contributed by atoms with Gasteiger partial charge in [0, 0.05) is 20.3 Å². The Morgan fingerprint density at radius 1 is 1.22 bits per heavy atom. The van der Waals surface area contributed by atoms with E-state index in [0.717, 1.165) is 9.54 Å². The molecule has 0 unspecified atom stereocenters. The topological polar surface area (TPSA) is 92.0 Å². The second-order valence-electron chi connectivity index (χ2n) is 5.18. The Hall–Kier alpha value is -2.61. The number of aryl methyl sites for hydroxylation is 1. The van der Waals surface area contributed by atoms with E-state index in [1.807, 2.05) is 6.92 Å². The molecule has 0 saturated carbocycles. The Kier molecular flexibility index (Phi) is 4.55. The lowest BCUT2D eigenvalue weighted by Gasteiger charge is -2.10. The number of carbonyl (C=O) groups is 1. The average Bonchev–Trinajstić information content (AvgIpc) is 2.90. The fourth-order valence-corrected chi connectivity index (χ4v) is 3.19. The summed E-state index contributed by atoms with van der Waals surface area (Å²) in [6.45, 7) is 1.85. The van der Waals surface area contributed by atoms with Gasteiger partial charge in [0.25, 0.3) is 10.0 Å². The van der Waals surface area contributed by atoms with Crippen LogP contribution in [0.4, 0.5) is 5.82 Å². The summed E-state index contributed by atoms with van der Waals surface area (Å²) in [7, 11) is -0.526. The number of aromatic nitrogens is 1. The van der Waals surface area contributed by atoms with Gasteiger partial charge in [0.05, 0.1) is 11.2 Å². The summed E-state index contributed by atoms with van der Waals surface area (Å²) < 4.78 is 26.3. The van der Waals surface area contributed by atoms with Crippen molar-refractivity contribution < 1.29 is 18.3 Å². The van der Waals surface area contributed by atoms with Gasteiger partial charge in [-0.2, -0.15) is 0 Å². The van der Waals surface area contributed by atoms with E-state index in [0.29, 0.717) is 0 Å². The van der Waals surface area contributed by atoms with Crippen molar-refractivity contribution in [1.29, 1.82) is 0 Å². The maximum atomic E-state index is 12.7. The number of benzene rings is 1. The third-order valence-electron chi connectivity index (χ3n) is 3.05. The predicted octanol–water partition coefficient (Wildman–Crippen LogP) is 1.95. The molecule has 0 spiro atoms. The highest BCUT2D eigenvalue weighted by Crippen LogP contribution is 2.26. The first-order valence-electron chi connectivity index (χ1n) is 6.71. The van der Waals surface area contributed by atoms with Gasteiger partial charge in [-0.15, -0.1) is 0 Å².